The van der Waals surface area contributed by atoms with E-state index in [0.717, 1.165) is 25.2 Å². The first-order valence-electron chi connectivity index (χ1n) is 7.00. The van der Waals surface area contributed by atoms with E-state index < -0.39 is 0 Å². The molecule has 0 aliphatic heterocycles. The zero-order valence-corrected chi connectivity index (χ0v) is 11.0. The van der Waals surface area contributed by atoms with Crippen molar-refractivity contribution in [1.29, 1.82) is 0 Å². The molecule has 3 rings (SSSR count). The lowest BCUT2D eigenvalue weighted by molar-refractivity contribution is -0.159. The molecule has 0 aromatic heterocycles. The summed E-state index contributed by atoms with van der Waals surface area (Å²) in [6, 6.07) is 0. The minimum atomic E-state index is -0.192. The van der Waals surface area contributed by atoms with Gasteiger partial charge in [-0.2, -0.15) is 0 Å². The molecule has 0 aromatic rings. The molecular formula is C15H24O2. The minimum Gasteiger partial charge on any atom is -0.456 e. The Morgan fingerprint density at radius 3 is 2.00 bits per heavy atom. The van der Waals surface area contributed by atoms with Crippen molar-refractivity contribution in [3.8, 4) is 0 Å². The van der Waals surface area contributed by atoms with E-state index >= 15 is 0 Å². The van der Waals surface area contributed by atoms with E-state index in [1.807, 2.05) is 0 Å². The second kappa shape index (κ2) is 5.24. The van der Waals surface area contributed by atoms with Crippen molar-refractivity contribution in [2.75, 3.05) is 0 Å². The zero-order valence-electron chi connectivity index (χ0n) is 11.0. The van der Waals surface area contributed by atoms with Crippen LogP contribution >= 0.6 is 0 Å². The fourth-order valence-corrected chi connectivity index (χ4v) is 3.38. The van der Waals surface area contributed by atoms with Crippen molar-refractivity contribution >= 4 is 5.97 Å². The quantitative estimate of drug-likeness (QED) is 0.535. The fraction of sp³-hybridized carbons (Fsp3) is 0.800. The van der Waals surface area contributed by atoms with Gasteiger partial charge < -0.3 is 4.74 Å². The first-order chi connectivity index (χ1) is 8.11. The highest BCUT2D eigenvalue weighted by Crippen LogP contribution is 2.40. The fourth-order valence-electron chi connectivity index (χ4n) is 3.38. The highest BCUT2D eigenvalue weighted by atomic mass is 16.6. The monoisotopic (exact) mass is 236 g/mol. The predicted octanol–water partition coefficient (Wildman–Crippen LogP) is 4.00. The summed E-state index contributed by atoms with van der Waals surface area (Å²) in [4.78, 5) is 11.8. The summed E-state index contributed by atoms with van der Waals surface area (Å²) < 4.78 is 5.80. The Morgan fingerprint density at radius 2 is 1.59 bits per heavy atom. The van der Waals surface area contributed by atoms with Gasteiger partial charge >= 0.3 is 5.97 Å². The molecule has 0 atom stereocenters. The largest absolute Gasteiger partial charge is 0.456 e. The zero-order chi connectivity index (χ0) is 12.3. The maximum Gasteiger partial charge on any atom is 0.333 e. The van der Waals surface area contributed by atoms with Gasteiger partial charge in [-0.25, -0.2) is 4.79 Å². The molecule has 3 aliphatic rings. The number of esters is 1. The number of hydrogen-bond acceptors (Lipinski definition) is 2. The first-order valence-corrected chi connectivity index (χ1v) is 7.00. The van der Waals surface area contributed by atoms with Crippen molar-refractivity contribution < 1.29 is 9.53 Å². The van der Waals surface area contributed by atoms with E-state index in [1.165, 1.54) is 38.5 Å². The van der Waals surface area contributed by atoms with E-state index in [-0.39, 0.29) is 11.6 Å². The Labute approximate surface area is 104 Å². The molecule has 0 N–H and O–H groups in total. The van der Waals surface area contributed by atoms with Gasteiger partial charge in [0, 0.05) is 5.57 Å². The third-order valence-corrected chi connectivity index (χ3v) is 4.39. The van der Waals surface area contributed by atoms with Crippen molar-refractivity contribution in [1.82, 2.24) is 0 Å². The average Bonchev–Trinajstić information content (AvgIpc) is 2.19. The Bertz CT molecular complexity index is 280. The highest BCUT2D eigenvalue weighted by Gasteiger charge is 2.37. The lowest BCUT2D eigenvalue weighted by atomic mass is 9.75. The molecule has 2 bridgehead atoms. The van der Waals surface area contributed by atoms with Crippen LogP contribution in [0.25, 0.3) is 0 Å². The van der Waals surface area contributed by atoms with Gasteiger partial charge in [-0.1, -0.05) is 25.8 Å². The van der Waals surface area contributed by atoms with Crippen LogP contribution in [0.4, 0.5) is 0 Å². The van der Waals surface area contributed by atoms with E-state index in [9.17, 15) is 4.79 Å². The predicted molar refractivity (Wildman–Crippen MR) is 68.7 cm³/mol. The van der Waals surface area contributed by atoms with Crippen LogP contribution in [0.5, 0.6) is 0 Å². The normalized spacial score (nSPS) is 33.4. The van der Waals surface area contributed by atoms with Gasteiger partial charge in [0.2, 0.25) is 0 Å². The summed E-state index contributed by atoms with van der Waals surface area (Å²) in [5.41, 5.74) is 0.364. The summed E-state index contributed by atoms with van der Waals surface area (Å²) in [6.07, 6.45) is 10.8. The van der Waals surface area contributed by atoms with E-state index in [0.29, 0.717) is 5.57 Å². The summed E-state index contributed by atoms with van der Waals surface area (Å²) in [6.45, 7) is 5.43. The van der Waals surface area contributed by atoms with Gasteiger partial charge in [-0.3, -0.25) is 0 Å². The Morgan fingerprint density at radius 1 is 1.12 bits per heavy atom. The van der Waals surface area contributed by atoms with Crippen LogP contribution < -0.4 is 0 Å². The second-order valence-corrected chi connectivity index (χ2v) is 5.90. The lowest BCUT2D eigenvalue weighted by Crippen LogP contribution is -2.38. The minimum absolute atomic E-state index is 0.165. The molecule has 3 saturated carbocycles. The number of carbonyl (C=O) groups excluding carboxylic acids is 1. The van der Waals surface area contributed by atoms with Gasteiger partial charge in [-0.05, 0) is 51.4 Å². The van der Waals surface area contributed by atoms with E-state index in [1.54, 1.807) is 6.92 Å². The molecular weight excluding hydrogens is 212 g/mol. The summed E-state index contributed by atoms with van der Waals surface area (Å²) >= 11 is 0. The van der Waals surface area contributed by atoms with Crippen molar-refractivity contribution in [2.24, 2.45) is 5.92 Å². The molecule has 3 fully saturated rings. The molecule has 17 heavy (non-hydrogen) atoms. The molecule has 0 saturated heterocycles. The number of ether oxygens (including phenoxy) is 1. The molecule has 0 aromatic carbocycles. The maximum absolute atomic E-state index is 11.8. The number of rotatable bonds is 2. The molecule has 0 unspecified atom stereocenters. The third kappa shape index (κ3) is 3.11. The lowest BCUT2D eigenvalue weighted by Gasteiger charge is -2.39. The van der Waals surface area contributed by atoms with Gasteiger partial charge in [0.1, 0.15) is 5.60 Å². The first kappa shape index (κ1) is 12.7. The molecule has 3 aliphatic carbocycles. The van der Waals surface area contributed by atoms with E-state index in [4.69, 9.17) is 4.74 Å². The molecule has 0 spiro atoms. The van der Waals surface area contributed by atoms with Crippen LogP contribution in [0.15, 0.2) is 12.2 Å². The highest BCUT2D eigenvalue weighted by molar-refractivity contribution is 5.87. The number of fused-ring (bicyclic) bond motifs is 6. The standard InChI is InChI=1S/C15H24O2/c1-12(2)14(16)17-15-9-3-6-13(7-4-10-15)8-5-11-15/h13H,1,3-11H2,2H3. The van der Waals surface area contributed by atoms with Gasteiger partial charge in [0.25, 0.3) is 0 Å². The van der Waals surface area contributed by atoms with Crippen LogP contribution in [0, 0.1) is 5.92 Å². The molecule has 0 amide bonds. The summed E-state index contributed by atoms with van der Waals surface area (Å²) in [5.74, 6) is 0.743. The van der Waals surface area contributed by atoms with Crippen LogP contribution in [0.1, 0.15) is 64.7 Å². The maximum atomic E-state index is 11.8. The third-order valence-electron chi connectivity index (χ3n) is 4.39. The van der Waals surface area contributed by atoms with Crippen molar-refractivity contribution in [2.45, 2.75) is 70.3 Å². The van der Waals surface area contributed by atoms with Crippen molar-refractivity contribution in [3.05, 3.63) is 12.2 Å². The second-order valence-electron chi connectivity index (χ2n) is 5.90. The summed E-state index contributed by atoms with van der Waals surface area (Å²) in [5, 5.41) is 0. The Balaban J connectivity index is 2.08. The molecule has 2 nitrogen and oxygen atoms in total. The van der Waals surface area contributed by atoms with E-state index in [2.05, 4.69) is 6.58 Å². The molecule has 2 heteroatoms. The number of carbonyl (C=O) groups is 1. The molecule has 96 valence electrons. The van der Waals surface area contributed by atoms with Crippen LogP contribution in [-0.2, 0) is 9.53 Å². The molecule has 0 radical (unpaired) electrons. The van der Waals surface area contributed by atoms with Gasteiger partial charge in [0.15, 0.2) is 0 Å². The Kier molecular flexibility index (Phi) is 3.90. The van der Waals surface area contributed by atoms with Gasteiger partial charge in [-0.15, -0.1) is 0 Å². The smallest absolute Gasteiger partial charge is 0.333 e. The number of hydrogen-bond donors (Lipinski definition) is 0. The SMILES string of the molecule is C=C(C)C(=O)OC12CCCC(CCC1)CCC2. The van der Waals surface area contributed by atoms with Gasteiger partial charge in [0.05, 0.1) is 0 Å². The topological polar surface area (TPSA) is 26.3 Å². The van der Waals surface area contributed by atoms with Crippen LogP contribution in [0.3, 0.4) is 0 Å². The van der Waals surface area contributed by atoms with Crippen LogP contribution in [-0.4, -0.2) is 11.6 Å². The average molecular weight is 236 g/mol. The molecule has 0 heterocycles. The van der Waals surface area contributed by atoms with Crippen LogP contribution in [0.2, 0.25) is 0 Å². The van der Waals surface area contributed by atoms with Crippen molar-refractivity contribution in [3.63, 3.8) is 0 Å². The summed E-state index contributed by atoms with van der Waals surface area (Å²) in [7, 11) is 0. The Hall–Kier alpha value is -0.790.